The van der Waals surface area contributed by atoms with E-state index >= 15 is 0 Å². The minimum absolute atomic E-state index is 0.0260. The summed E-state index contributed by atoms with van der Waals surface area (Å²) in [6.07, 6.45) is 1.58. The van der Waals surface area contributed by atoms with Gasteiger partial charge in [0.25, 0.3) is 0 Å². The van der Waals surface area contributed by atoms with E-state index in [4.69, 9.17) is 11.6 Å². The lowest BCUT2D eigenvalue weighted by atomic mass is 10.2. The molecule has 0 aromatic heterocycles. The number of sulfone groups is 1. The third-order valence-corrected chi connectivity index (χ3v) is 4.66. The maximum absolute atomic E-state index is 12.0. The lowest BCUT2D eigenvalue weighted by molar-refractivity contribution is -0.297. The molecule has 0 saturated carbocycles. The predicted octanol–water partition coefficient (Wildman–Crippen LogP) is 0.687. The van der Waals surface area contributed by atoms with Gasteiger partial charge in [-0.15, -0.1) is 0 Å². The van der Waals surface area contributed by atoms with Gasteiger partial charge in [0.2, 0.25) is 9.84 Å². The second kappa shape index (κ2) is 4.01. The van der Waals surface area contributed by atoms with Crippen molar-refractivity contribution in [3.05, 3.63) is 46.9 Å². The lowest BCUT2D eigenvalue weighted by Gasteiger charge is -1.98. The highest BCUT2D eigenvalue weighted by molar-refractivity contribution is 7.96. The number of carbonyl (C=O) groups is 1. The summed E-state index contributed by atoms with van der Waals surface area (Å²) in [6.45, 7) is 0. The Morgan fingerprint density at radius 1 is 1.29 bits per heavy atom. The van der Waals surface area contributed by atoms with E-state index in [0.29, 0.717) is 11.6 Å². The molecule has 0 aliphatic carbocycles. The first-order valence-electron chi connectivity index (χ1n) is 4.58. The van der Waals surface area contributed by atoms with E-state index in [2.05, 4.69) is 0 Å². The van der Waals surface area contributed by atoms with Crippen LogP contribution in [0.1, 0.15) is 5.56 Å². The number of halogens is 1. The van der Waals surface area contributed by atoms with Crippen molar-refractivity contribution in [3.63, 3.8) is 0 Å². The van der Waals surface area contributed by atoms with E-state index < -0.39 is 15.8 Å². The van der Waals surface area contributed by atoms with Crippen molar-refractivity contribution in [1.82, 2.24) is 0 Å². The number of allylic oxidation sites excluding steroid dienone is 1. The Balaban J connectivity index is 2.64. The number of carboxylic acids is 1. The zero-order valence-electron chi connectivity index (χ0n) is 8.38. The Morgan fingerprint density at radius 2 is 1.94 bits per heavy atom. The summed E-state index contributed by atoms with van der Waals surface area (Å²) < 4.78 is 24.0. The maximum Gasteiger partial charge on any atom is 0.208 e. The molecule has 1 aliphatic heterocycles. The summed E-state index contributed by atoms with van der Waals surface area (Å²) in [5.74, 6) is -1.48. The molecule has 0 bridgehead atoms. The largest absolute Gasteiger partial charge is 0.545 e. The molecule has 17 heavy (non-hydrogen) atoms. The SMILES string of the molecule is O=C([O-])/C=C/C1=C(Cl)c2ccccc2S1(=O)=O. The van der Waals surface area contributed by atoms with E-state index in [1.807, 2.05) is 0 Å². The minimum Gasteiger partial charge on any atom is -0.545 e. The van der Waals surface area contributed by atoms with Gasteiger partial charge in [-0.2, -0.15) is 0 Å². The van der Waals surface area contributed by atoms with Gasteiger partial charge in [-0.05, 0) is 18.2 Å². The van der Waals surface area contributed by atoms with Gasteiger partial charge >= 0.3 is 0 Å². The van der Waals surface area contributed by atoms with Crippen molar-refractivity contribution >= 4 is 32.4 Å². The molecule has 1 heterocycles. The van der Waals surface area contributed by atoms with Crippen LogP contribution < -0.4 is 5.11 Å². The summed E-state index contributed by atoms with van der Waals surface area (Å²) in [5.41, 5.74) is 0.382. The normalized spacial score (nSPS) is 17.5. The van der Waals surface area contributed by atoms with Crippen molar-refractivity contribution in [3.8, 4) is 0 Å². The molecule has 0 spiro atoms. The maximum atomic E-state index is 12.0. The van der Waals surface area contributed by atoms with Gasteiger partial charge in [0.1, 0.15) is 0 Å². The van der Waals surface area contributed by atoms with Gasteiger partial charge in [0.15, 0.2) is 0 Å². The first-order valence-corrected chi connectivity index (χ1v) is 6.44. The Hall–Kier alpha value is -1.59. The summed E-state index contributed by atoms with van der Waals surface area (Å²) in [5, 5.41) is 10.3. The highest BCUT2D eigenvalue weighted by atomic mass is 35.5. The monoisotopic (exact) mass is 269 g/mol. The van der Waals surface area contributed by atoms with Gasteiger partial charge < -0.3 is 9.90 Å². The average Bonchev–Trinajstić information content (AvgIpc) is 2.46. The third-order valence-electron chi connectivity index (χ3n) is 2.29. The molecule has 0 N–H and O–H groups in total. The summed E-state index contributed by atoms with van der Waals surface area (Å²) >= 11 is 5.91. The highest BCUT2D eigenvalue weighted by Gasteiger charge is 2.32. The van der Waals surface area contributed by atoms with Gasteiger partial charge in [0, 0.05) is 5.56 Å². The fourth-order valence-electron chi connectivity index (χ4n) is 1.56. The van der Waals surface area contributed by atoms with Crippen LogP contribution in [-0.4, -0.2) is 14.4 Å². The summed E-state index contributed by atoms with van der Waals surface area (Å²) in [7, 11) is -3.72. The molecule has 0 fully saturated rings. The number of aliphatic carboxylic acids is 1. The van der Waals surface area contributed by atoms with Crippen molar-refractivity contribution in [2.75, 3.05) is 0 Å². The van der Waals surface area contributed by atoms with E-state index in [1.165, 1.54) is 6.07 Å². The Bertz CT molecular complexity index is 656. The number of hydrogen-bond donors (Lipinski definition) is 0. The smallest absolute Gasteiger partial charge is 0.208 e. The number of rotatable bonds is 2. The Morgan fingerprint density at radius 3 is 2.53 bits per heavy atom. The quantitative estimate of drug-likeness (QED) is 0.740. The Kier molecular flexibility index (Phi) is 2.81. The number of fused-ring (bicyclic) bond motifs is 1. The molecule has 0 saturated heterocycles. The molecule has 1 aromatic carbocycles. The van der Waals surface area contributed by atoms with Gasteiger partial charge in [0.05, 0.1) is 20.8 Å². The molecular formula is C11H6ClO4S-. The Labute approximate surface area is 103 Å². The second-order valence-corrected chi connectivity index (χ2v) is 5.59. The molecule has 88 valence electrons. The first-order chi connectivity index (χ1) is 7.94. The molecule has 1 aromatic rings. The van der Waals surface area contributed by atoms with Crippen molar-refractivity contribution < 1.29 is 18.3 Å². The van der Waals surface area contributed by atoms with Crippen LogP contribution in [-0.2, 0) is 14.6 Å². The molecule has 0 amide bonds. The van der Waals surface area contributed by atoms with E-state index in [1.54, 1.807) is 18.2 Å². The summed E-state index contributed by atoms with van der Waals surface area (Å²) in [4.78, 5) is 10.2. The first kappa shape index (κ1) is 11.9. The molecule has 6 heteroatoms. The lowest BCUT2D eigenvalue weighted by Crippen LogP contribution is -2.18. The van der Waals surface area contributed by atoms with Crippen molar-refractivity contribution in [2.45, 2.75) is 4.90 Å². The number of carbonyl (C=O) groups excluding carboxylic acids is 1. The van der Waals surface area contributed by atoms with Crippen LogP contribution >= 0.6 is 11.6 Å². The third kappa shape index (κ3) is 1.87. The molecule has 4 nitrogen and oxygen atoms in total. The van der Waals surface area contributed by atoms with E-state index in [-0.39, 0.29) is 14.8 Å². The zero-order valence-corrected chi connectivity index (χ0v) is 9.96. The standard InChI is InChI=1S/C11H7ClO4S/c12-11-7-3-1-2-4-8(7)17(15,16)9(11)5-6-10(13)14/h1-6H,(H,13,14)/p-1/b6-5+. The van der Waals surface area contributed by atoms with Crippen LogP contribution in [0, 0.1) is 0 Å². The molecular weight excluding hydrogens is 264 g/mol. The molecule has 0 unspecified atom stereocenters. The minimum atomic E-state index is -3.72. The molecule has 1 aliphatic rings. The topological polar surface area (TPSA) is 74.3 Å². The van der Waals surface area contributed by atoms with E-state index in [9.17, 15) is 18.3 Å². The predicted molar refractivity (Wildman–Crippen MR) is 60.5 cm³/mol. The van der Waals surface area contributed by atoms with E-state index in [0.717, 1.165) is 6.08 Å². The zero-order chi connectivity index (χ0) is 12.6. The fourth-order valence-corrected chi connectivity index (χ4v) is 3.69. The van der Waals surface area contributed by atoms with Crippen LogP contribution in [0.15, 0.2) is 46.2 Å². The molecule has 0 atom stereocenters. The van der Waals surface area contributed by atoms with Gasteiger partial charge in [-0.3, -0.25) is 0 Å². The summed E-state index contributed by atoms with van der Waals surface area (Å²) in [6, 6.07) is 6.22. The van der Waals surface area contributed by atoms with Crippen LogP contribution in [0.25, 0.3) is 5.03 Å². The number of carboxylic acid groups (broad SMARTS) is 1. The van der Waals surface area contributed by atoms with Crippen LogP contribution in [0.3, 0.4) is 0 Å². The number of hydrogen-bond acceptors (Lipinski definition) is 4. The van der Waals surface area contributed by atoms with Crippen LogP contribution in [0.5, 0.6) is 0 Å². The average molecular weight is 270 g/mol. The van der Waals surface area contributed by atoms with Crippen LogP contribution in [0.4, 0.5) is 0 Å². The van der Waals surface area contributed by atoms with Crippen molar-refractivity contribution in [1.29, 1.82) is 0 Å². The number of benzene rings is 1. The van der Waals surface area contributed by atoms with Crippen molar-refractivity contribution in [2.24, 2.45) is 0 Å². The van der Waals surface area contributed by atoms with Gasteiger partial charge in [-0.1, -0.05) is 29.8 Å². The van der Waals surface area contributed by atoms with Crippen LogP contribution in [0.2, 0.25) is 0 Å². The fraction of sp³-hybridized carbons (Fsp3) is 0. The highest BCUT2D eigenvalue weighted by Crippen LogP contribution is 2.41. The second-order valence-electron chi connectivity index (χ2n) is 3.33. The molecule has 0 radical (unpaired) electrons. The van der Waals surface area contributed by atoms with Gasteiger partial charge in [-0.25, -0.2) is 8.42 Å². The molecule has 2 rings (SSSR count).